The number of hydrogen-bond donors (Lipinski definition) is 2. The van der Waals surface area contributed by atoms with Gasteiger partial charge >= 0.3 is 0 Å². The summed E-state index contributed by atoms with van der Waals surface area (Å²) >= 11 is 0. The standard InChI is InChI=1S/C53H51N5O5/c1-5-45(59)47-36(2)48(63-53(40-22-14-8-15-23-40,41-24-16-9-17-25-41)42-28-32-44(61-4)33-29-42)51(62-47)58-35-56-46-49(54-34-55-50(46)58)57-52(37-18-10-6-11-19-37,38-20-12-7-13-21-38)39-26-30-43(60-3)31-27-39/h6-36,45,47-48,51,59H,5H2,1-4H3,(H,54,55,57)/t36-,45-,47+,48-,51-/m1/s1. The minimum Gasteiger partial charge on any atom is -0.497 e. The second kappa shape index (κ2) is 17.9. The van der Waals surface area contributed by atoms with E-state index in [4.69, 9.17) is 33.9 Å². The first-order valence-electron chi connectivity index (χ1n) is 21.4. The van der Waals surface area contributed by atoms with E-state index in [9.17, 15) is 5.11 Å². The number of methoxy groups -OCH3 is 2. The van der Waals surface area contributed by atoms with Crippen molar-refractivity contribution in [1.82, 2.24) is 19.5 Å². The summed E-state index contributed by atoms with van der Waals surface area (Å²) in [6, 6.07) is 57.3. The van der Waals surface area contributed by atoms with Crippen LogP contribution in [0.15, 0.2) is 183 Å². The lowest BCUT2D eigenvalue weighted by molar-refractivity contribution is -0.117. The van der Waals surface area contributed by atoms with E-state index in [2.05, 4.69) is 85.0 Å². The van der Waals surface area contributed by atoms with Crippen LogP contribution in [0.25, 0.3) is 11.2 Å². The maximum atomic E-state index is 11.5. The summed E-state index contributed by atoms with van der Waals surface area (Å²) in [7, 11) is 3.33. The summed E-state index contributed by atoms with van der Waals surface area (Å²) < 4.78 is 27.9. The smallest absolute Gasteiger partial charge is 0.167 e. The summed E-state index contributed by atoms with van der Waals surface area (Å²) in [5, 5.41) is 15.5. The van der Waals surface area contributed by atoms with E-state index in [1.54, 1.807) is 26.9 Å². The number of hydrogen-bond acceptors (Lipinski definition) is 9. The molecule has 0 radical (unpaired) electrons. The molecule has 0 amide bonds. The highest BCUT2D eigenvalue weighted by Gasteiger charge is 2.52. The average molecular weight is 838 g/mol. The van der Waals surface area contributed by atoms with Crippen molar-refractivity contribution in [1.29, 1.82) is 0 Å². The molecule has 8 aromatic rings. The van der Waals surface area contributed by atoms with Gasteiger partial charge in [-0.3, -0.25) is 4.57 Å². The summed E-state index contributed by atoms with van der Waals surface area (Å²) in [4.78, 5) is 14.8. The molecule has 2 aromatic heterocycles. The second-order valence-corrected chi connectivity index (χ2v) is 15.9. The first kappa shape index (κ1) is 41.5. The predicted molar refractivity (Wildman–Crippen MR) is 245 cm³/mol. The second-order valence-electron chi connectivity index (χ2n) is 15.9. The van der Waals surface area contributed by atoms with Crippen molar-refractivity contribution in [2.24, 2.45) is 5.92 Å². The molecule has 318 valence electrons. The lowest BCUT2D eigenvalue weighted by atomic mass is 9.77. The molecule has 0 bridgehead atoms. The highest BCUT2D eigenvalue weighted by molar-refractivity contribution is 5.84. The molecule has 1 fully saturated rings. The SMILES string of the molecule is CC[C@@H](O)[C@H]1O[C@@H](n2cnc3c(NC(c4ccccc4)(c4ccccc4)c4ccc(OC)cc4)ncnc32)[C@H](OC(c2ccccc2)(c2ccccc2)c2ccc(OC)cc2)[C@@H]1C. The van der Waals surface area contributed by atoms with Crippen LogP contribution >= 0.6 is 0 Å². The van der Waals surface area contributed by atoms with Crippen molar-refractivity contribution >= 4 is 17.0 Å². The molecule has 10 nitrogen and oxygen atoms in total. The molecule has 63 heavy (non-hydrogen) atoms. The molecular formula is C53H51N5O5. The van der Waals surface area contributed by atoms with Crippen molar-refractivity contribution in [2.45, 2.75) is 55.9 Å². The highest BCUT2D eigenvalue weighted by atomic mass is 16.6. The van der Waals surface area contributed by atoms with E-state index >= 15 is 0 Å². The Kier molecular flexibility index (Phi) is 11.8. The number of aromatic nitrogens is 4. The van der Waals surface area contributed by atoms with Crippen molar-refractivity contribution in [3.05, 3.63) is 216 Å². The molecule has 0 unspecified atom stereocenters. The number of rotatable bonds is 15. The van der Waals surface area contributed by atoms with Crippen LogP contribution in [0, 0.1) is 5.92 Å². The van der Waals surface area contributed by atoms with Crippen molar-refractivity contribution in [3.8, 4) is 11.5 Å². The monoisotopic (exact) mass is 837 g/mol. The van der Waals surface area contributed by atoms with Gasteiger partial charge in [-0.1, -0.05) is 159 Å². The number of nitrogens with one attached hydrogen (secondary N) is 1. The Hall–Kier alpha value is -6.85. The normalized spacial score (nSPS) is 18.2. The predicted octanol–water partition coefficient (Wildman–Crippen LogP) is 9.93. The quantitative estimate of drug-likeness (QED) is 0.0975. The number of imidazole rings is 1. The minimum absolute atomic E-state index is 0.272. The summed E-state index contributed by atoms with van der Waals surface area (Å²) in [6.45, 7) is 4.05. The Balaban J connectivity index is 1.21. The van der Waals surface area contributed by atoms with E-state index in [1.165, 1.54) is 0 Å². The molecule has 0 spiro atoms. The van der Waals surface area contributed by atoms with Gasteiger partial charge in [0.1, 0.15) is 35.1 Å². The van der Waals surface area contributed by atoms with Crippen LogP contribution in [0.4, 0.5) is 5.82 Å². The van der Waals surface area contributed by atoms with Crippen molar-refractivity contribution < 1.29 is 24.1 Å². The van der Waals surface area contributed by atoms with Gasteiger partial charge < -0.3 is 29.4 Å². The lowest BCUT2D eigenvalue weighted by Crippen LogP contribution is -2.42. The molecule has 10 heteroatoms. The topological polar surface area (TPSA) is 113 Å². The Morgan fingerprint density at radius 3 is 1.59 bits per heavy atom. The zero-order valence-corrected chi connectivity index (χ0v) is 35.8. The zero-order valence-electron chi connectivity index (χ0n) is 35.8. The number of anilines is 1. The fourth-order valence-corrected chi connectivity index (χ4v) is 9.19. The van der Waals surface area contributed by atoms with Crippen LogP contribution < -0.4 is 14.8 Å². The van der Waals surface area contributed by atoms with E-state index < -0.39 is 35.7 Å². The van der Waals surface area contributed by atoms with Crippen LogP contribution in [0.2, 0.25) is 0 Å². The van der Waals surface area contributed by atoms with Gasteiger partial charge in [0, 0.05) is 5.92 Å². The number of aliphatic hydroxyl groups excluding tert-OH is 1. The van der Waals surface area contributed by atoms with Gasteiger partial charge in [0.2, 0.25) is 0 Å². The van der Waals surface area contributed by atoms with Crippen LogP contribution in [0.5, 0.6) is 11.5 Å². The first-order chi connectivity index (χ1) is 30.9. The molecule has 5 atom stereocenters. The third-order valence-corrected chi connectivity index (χ3v) is 12.5. The average Bonchev–Trinajstić information content (AvgIpc) is 3.94. The van der Waals surface area contributed by atoms with Gasteiger partial charge in [-0.25, -0.2) is 15.0 Å². The zero-order chi connectivity index (χ0) is 43.4. The Morgan fingerprint density at radius 2 is 1.10 bits per heavy atom. The Morgan fingerprint density at radius 1 is 0.635 bits per heavy atom. The molecule has 1 aliphatic rings. The fraction of sp³-hybridized carbons (Fsp3) is 0.226. The van der Waals surface area contributed by atoms with Crippen molar-refractivity contribution in [3.63, 3.8) is 0 Å². The minimum atomic E-state index is -1.11. The first-order valence-corrected chi connectivity index (χ1v) is 21.4. The third-order valence-electron chi connectivity index (χ3n) is 12.5. The highest BCUT2D eigenvalue weighted by Crippen LogP contribution is 2.49. The molecule has 1 aliphatic heterocycles. The van der Waals surface area contributed by atoms with Crippen LogP contribution in [-0.4, -0.2) is 57.2 Å². The maximum Gasteiger partial charge on any atom is 0.167 e. The Bertz CT molecular complexity index is 2640. The molecule has 3 heterocycles. The molecule has 9 rings (SSSR count). The van der Waals surface area contributed by atoms with Gasteiger partial charge in [0.05, 0.1) is 32.8 Å². The maximum absolute atomic E-state index is 11.5. The molecule has 6 aromatic carbocycles. The van der Waals surface area contributed by atoms with Crippen molar-refractivity contribution in [2.75, 3.05) is 19.5 Å². The third kappa shape index (κ3) is 7.50. The molecule has 0 aliphatic carbocycles. The number of fused-ring (bicyclic) bond motifs is 1. The molecular weight excluding hydrogens is 787 g/mol. The van der Waals surface area contributed by atoms with Crippen LogP contribution in [-0.2, 0) is 20.6 Å². The van der Waals surface area contributed by atoms with Crippen LogP contribution in [0.3, 0.4) is 0 Å². The van der Waals surface area contributed by atoms with Gasteiger partial charge in [0.25, 0.3) is 0 Å². The van der Waals surface area contributed by atoms with Gasteiger partial charge in [-0.15, -0.1) is 0 Å². The summed E-state index contributed by atoms with van der Waals surface area (Å²) in [6.07, 6.45) is 1.14. The van der Waals surface area contributed by atoms with E-state index in [0.717, 1.165) is 44.9 Å². The number of nitrogens with zero attached hydrogens (tertiary/aromatic N) is 4. The fourth-order valence-electron chi connectivity index (χ4n) is 9.19. The number of benzene rings is 6. The summed E-state index contributed by atoms with van der Waals surface area (Å²) in [5.41, 5.74) is 4.83. The van der Waals surface area contributed by atoms with E-state index in [1.807, 2.05) is 109 Å². The number of aliphatic hydroxyl groups is 1. The molecule has 2 N–H and O–H groups in total. The number of ether oxygens (including phenoxy) is 4. The molecule has 0 saturated carbocycles. The molecule has 1 saturated heterocycles. The Labute approximate surface area is 368 Å². The largest absolute Gasteiger partial charge is 0.497 e. The van der Waals surface area contributed by atoms with E-state index in [-0.39, 0.29) is 5.92 Å². The van der Waals surface area contributed by atoms with Gasteiger partial charge in [-0.05, 0) is 64.1 Å². The summed E-state index contributed by atoms with van der Waals surface area (Å²) in [5.74, 6) is 1.74. The van der Waals surface area contributed by atoms with Gasteiger partial charge in [-0.2, -0.15) is 0 Å². The van der Waals surface area contributed by atoms with Gasteiger partial charge in [0.15, 0.2) is 23.2 Å². The van der Waals surface area contributed by atoms with E-state index in [0.29, 0.717) is 23.4 Å². The van der Waals surface area contributed by atoms with Crippen LogP contribution in [0.1, 0.15) is 59.9 Å². The lowest BCUT2D eigenvalue weighted by Gasteiger charge is -2.40.